The highest BCUT2D eigenvalue weighted by molar-refractivity contribution is 5.46. The van der Waals surface area contributed by atoms with E-state index in [1.54, 1.807) is 12.3 Å². The first kappa shape index (κ1) is 12.8. The second-order valence-corrected chi connectivity index (χ2v) is 5.51. The van der Waals surface area contributed by atoms with Crippen LogP contribution in [-0.2, 0) is 0 Å². The maximum absolute atomic E-state index is 8.81. The normalized spacial score (nSPS) is 19.2. The fraction of sp³-hybridized carbons (Fsp3) is 0.571. The molecule has 1 saturated heterocycles. The van der Waals surface area contributed by atoms with Crippen molar-refractivity contribution in [3.05, 3.63) is 24.0 Å². The molecule has 1 aromatic rings. The summed E-state index contributed by atoms with van der Waals surface area (Å²) in [5.41, 5.74) is 1.80. The molecule has 0 amide bonds. The number of likely N-dealkylation sites (tertiary alicyclic amines) is 1. The van der Waals surface area contributed by atoms with E-state index >= 15 is 0 Å². The molecular weight excluding hydrogens is 224 g/mol. The second-order valence-electron chi connectivity index (χ2n) is 5.51. The van der Waals surface area contributed by atoms with Crippen molar-refractivity contribution in [2.24, 2.45) is 5.41 Å². The Morgan fingerprint density at radius 2 is 2.22 bits per heavy atom. The van der Waals surface area contributed by atoms with Crippen LogP contribution in [-0.4, -0.2) is 36.6 Å². The molecule has 2 heterocycles. The van der Waals surface area contributed by atoms with E-state index < -0.39 is 0 Å². The molecule has 0 spiro atoms. The van der Waals surface area contributed by atoms with E-state index in [9.17, 15) is 0 Å². The van der Waals surface area contributed by atoms with Crippen molar-refractivity contribution in [3.63, 3.8) is 0 Å². The highest BCUT2D eigenvalue weighted by Gasteiger charge is 2.28. The molecule has 0 aromatic carbocycles. The van der Waals surface area contributed by atoms with Gasteiger partial charge in [0.25, 0.3) is 0 Å². The van der Waals surface area contributed by atoms with E-state index in [0.717, 1.165) is 25.3 Å². The van der Waals surface area contributed by atoms with Crippen molar-refractivity contribution in [1.82, 2.24) is 9.88 Å². The van der Waals surface area contributed by atoms with Gasteiger partial charge in [0.05, 0.1) is 0 Å². The summed E-state index contributed by atoms with van der Waals surface area (Å²) < 4.78 is 0. The van der Waals surface area contributed by atoms with Gasteiger partial charge in [-0.1, -0.05) is 6.92 Å². The molecule has 0 atom stereocenters. The van der Waals surface area contributed by atoms with Crippen molar-refractivity contribution < 1.29 is 0 Å². The Morgan fingerprint density at radius 3 is 2.89 bits per heavy atom. The molecule has 18 heavy (non-hydrogen) atoms. The van der Waals surface area contributed by atoms with Gasteiger partial charge in [-0.25, -0.2) is 4.98 Å². The fourth-order valence-electron chi connectivity index (χ4n) is 2.25. The number of aromatic nitrogens is 1. The third kappa shape index (κ3) is 3.21. The van der Waals surface area contributed by atoms with Gasteiger partial charge in [0, 0.05) is 18.4 Å². The van der Waals surface area contributed by atoms with E-state index in [4.69, 9.17) is 5.26 Å². The van der Waals surface area contributed by atoms with E-state index in [-0.39, 0.29) is 0 Å². The van der Waals surface area contributed by atoms with Crippen molar-refractivity contribution in [1.29, 1.82) is 5.26 Å². The van der Waals surface area contributed by atoms with Crippen molar-refractivity contribution in [3.8, 4) is 6.07 Å². The van der Waals surface area contributed by atoms with Crippen LogP contribution in [0.5, 0.6) is 0 Å². The number of nitrogens with one attached hydrogen (secondary N) is 1. The van der Waals surface area contributed by atoms with E-state index in [0.29, 0.717) is 11.1 Å². The van der Waals surface area contributed by atoms with Crippen LogP contribution < -0.4 is 5.32 Å². The zero-order valence-corrected chi connectivity index (χ0v) is 11.1. The number of piperidine rings is 1. The number of pyridine rings is 1. The molecule has 0 unspecified atom stereocenters. The van der Waals surface area contributed by atoms with Gasteiger partial charge in [-0.15, -0.1) is 0 Å². The zero-order chi connectivity index (χ0) is 13.0. The molecule has 0 bridgehead atoms. The van der Waals surface area contributed by atoms with Gasteiger partial charge in [-0.2, -0.15) is 5.26 Å². The van der Waals surface area contributed by atoms with Crippen LogP contribution in [0.4, 0.5) is 5.69 Å². The maximum Gasteiger partial charge on any atom is 0.142 e. The summed E-state index contributed by atoms with van der Waals surface area (Å²) >= 11 is 0. The van der Waals surface area contributed by atoms with Crippen LogP contribution in [0.1, 0.15) is 25.5 Å². The first-order valence-electron chi connectivity index (χ1n) is 6.40. The molecule has 4 nitrogen and oxygen atoms in total. The Bertz CT molecular complexity index is 441. The van der Waals surface area contributed by atoms with E-state index in [1.165, 1.54) is 12.8 Å². The van der Waals surface area contributed by atoms with Gasteiger partial charge in [-0.05, 0) is 50.5 Å². The van der Waals surface area contributed by atoms with Crippen molar-refractivity contribution in [2.45, 2.75) is 19.8 Å². The Morgan fingerprint density at radius 1 is 1.50 bits per heavy atom. The lowest BCUT2D eigenvalue weighted by Crippen LogP contribution is -2.40. The third-order valence-corrected chi connectivity index (χ3v) is 3.79. The Balaban J connectivity index is 1.93. The smallest absolute Gasteiger partial charge is 0.142 e. The van der Waals surface area contributed by atoms with Crippen LogP contribution in [0, 0.1) is 16.7 Å². The minimum absolute atomic E-state index is 0.350. The fourth-order valence-corrected chi connectivity index (χ4v) is 2.25. The first-order chi connectivity index (χ1) is 8.61. The summed E-state index contributed by atoms with van der Waals surface area (Å²) in [7, 11) is 2.18. The van der Waals surface area contributed by atoms with Crippen molar-refractivity contribution >= 4 is 5.69 Å². The summed E-state index contributed by atoms with van der Waals surface area (Å²) in [6.45, 7) is 5.62. The first-order valence-corrected chi connectivity index (χ1v) is 6.40. The number of nitrogens with zero attached hydrogens (tertiary/aromatic N) is 3. The molecule has 0 aliphatic carbocycles. The Hall–Kier alpha value is -1.60. The topological polar surface area (TPSA) is 52.0 Å². The quantitative estimate of drug-likeness (QED) is 0.884. The van der Waals surface area contributed by atoms with Gasteiger partial charge in [0.15, 0.2) is 0 Å². The van der Waals surface area contributed by atoms with Crippen LogP contribution >= 0.6 is 0 Å². The number of hydrogen-bond donors (Lipinski definition) is 1. The maximum atomic E-state index is 8.81. The monoisotopic (exact) mass is 244 g/mol. The zero-order valence-electron chi connectivity index (χ0n) is 11.1. The molecule has 1 aliphatic heterocycles. The third-order valence-electron chi connectivity index (χ3n) is 3.79. The van der Waals surface area contributed by atoms with E-state index in [1.807, 2.05) is 6.07 Å². The predicted molar refractivity (Wildman–Crippen MR) is 72.3 cm³/mol. The SMILES string of the molecule is CN1CCC(C)(CNc2ccnc(C#N)c2)CC1. The minimum atomic E-state index is 0.350. The molecule has 96 valence electrons. The van der Waals surface area contributed by atoms with Crippen LogP contribution in [0.15, 0.2) is 18.3 Å². The number of anilines is 1. The largest absolute Gasteiger partial charge is 0.384 e. The highest BCUT2D eigenvalue weighted by Crippen LogP contribution is 2.30. The lowest BCUT2D eigenvalue weighted by Gasteiger charge is -2.38. The van der Waals surface area contributed by atoms with Gasteiger partial charge < -0.3 is 10.2 Å². The summed E-state index contributed by atoms with van der Waals surface area (Å²) in [6, 6.07) is 5.78. The van der Waals surface area contributed by atoms with Crippen LogP contribution in [0.3, 0.4) is 0 Å². The summed E-state index contributed by atoms with van der Waals surface area (Å²) in [5.74, 6) is 0. The Labute approximate surface area is 109 Å². The van der Waals surface area contributed by atoms with Crippen LogP contribution in [0.2, 0.25) is 0 Å². The van der Waals surface area contributed by atoms with Gasteiger partial charge in [-0.3, -0.25) is 0 Å². The number of nitriles is 1. The number of hydrogen-bond acceptors (Lipinski definition) is 4. The molecule has 4 heteroatoms. The van der Waals surface area contributed by atoms with Gasteiger partial charge in [0.2, 0.25) is 0 Å². The second kappa shape index (κ2) is 5.36. The molecule has 1 N–H and O–H groups in total. The lowest BCUT2D eigenvalue weighted by atomic mass is 9.80. The summed E-state index contributed by atoms with van der Waals surface area (Å²) in [5, 5.41) is 12.2. The summed E-state index contributed by atoms with van der Waals surface area (Å²) in [6.07, 6.45) is 4.11. The standard InChI is InChI=1S/C14H20N4/c1-14(4-7-18(2)8-5-14)11-17-12-3-6-16-13(9-12)10-15/h3,6,9H,4-5,7-8,11H2,1-2H3,(H,16,17). The average molecular weight is 244 g/mol. The molecule has 1 aromatic heterocycles. The number of rotatable bonds is 3. The molecule has 1 fully saturated rings. The van der Waals surface area contributed by atoms with Crippen molar-refractivity contribution in [2.75, 3.05) is 32.0 Å². The van der Waals surface area contributed by atoms with E-state index in [2.05, 4.69) is 35.2 Å². The van der Waals surface area contributed by atoms with Gasteiger partial charge >= 0.3 is 0 Å². The Kier molecular flexibility index (Phi) is 3.83. The van der Waals surface area contributed by atoms with Crippen LogP contribution in [0.25, 0.3) is 0 Å². The molecular formula is C14H20N4. The molecule has 0 radical (unpaired) electrons. The molecule has 2 rings (SSSR count). The summed E-state index contributed by atoms with van der Waals surface area (Å²) in [4.78, 5) is 6.35. The average Bonchev–Trinajstić information content (AvgIpc) is 2.41. The highest BCUT2D eigenvalue weighted by atomic mass is 15.1. The minimum Gasteiger partial charge on any atom is -0.384 e. The predicted octanol–water partition coefficient (Wildman–Crippen LogP) is 2.10. The molecule has 1 aliphatic rings. The van der Waals surface area contributed by atoms with Gasteiger partial charge in [0.1, 0.15) is 11.8 Å². The lowest BCUT2D eigenvalue weighted by molar-refractivity contribution is 0.150. The molecule has 0 saturated carbocycles.